The van der Waals surface area contributed by atoms with Crippen LogP contribution in [-0.4, -0.2) is 36.2 Å². The van der Waals surface area contributed by atoms with Gasteiger partial charge >= 0.3 is 0 Å². The molecule has 2 rings (SSSR count). The Morgan fingerprint density at radius 1 is 1.26 bits per heavy atom. The fourth-order valence-corrected chi connectivity index (χ4v) is 3.01. The van der Waals surface area contributed by atoms with Crippen LogP contribution in [0.3, 0.4) is 0 Å². The quantitative estimate of drug-likeness (QED) is 0.858. The van der Waals surface area contributed by atoms with Gasteiger partial charge in [-0.25, -0.2) is 0 Å². The Balaban J connectivity index is 1.99. The van der Waals surface area contributed by atoms with Crippen molar-refractivity contribution in [3.8, 4) is 0 Å². The third kappa shape index (κ3) is 3.74. The van der Waals surface area contributed by atoms with Gasteiger partial charge in [0.1, 0.15) is 0 Å². The number of anilines is 1. The van der Waals surface area contributed by atoms with Crippen LogP contribution in [0, 0.1) is 0 Å². The van der Waals surface area contributed by atoms with Crippen LogP contribution in [0.15, 0.2) is 29.2 Å². The first-order chi connectivity index (χ1) is 9.22. The summed E-state index contributed by atoms with van der Waals surface area (Å²) in [5, 5.41) is 3.06. The highest BCUT2D eigenvalue weighted by molar-refractivity contribution is 7.98. The van der Waals surface area contributed by atoms with Gasteiger partial charge in [0.15, 0.2) is 0 Å². The monoisotopic (exact) mass is 278 g/mol. The summed E-state index contributed by atoms with van der Waals surface area (Å²) in [4.78, 5) is 15.7. The van der Waals surface area contributed by atoms with Crippen molar-refractivity contribution in [2.75, 3.05) is 24.7 Å². The van der Waals surface area contributed by atoms with Crippen LogP contribution >= 0.6 is 11.8 Å². The molecule has 1 unspecified atom stereocenters. The molecule has 1 aliphatic heterocycles. The van der Waals surface area contributed by atoms with E-state index in [1.807, 2.05) is 37.4 Å². The lowest BCUT2D eigenvalue weighted by atomic mass is 10.1. The summed E-state index contributed by atoms with van der Waals surface area (Å²) in [6, 6.07) is 7.91. The topological polar surface area (TPSA) is 32.3 Å². The molecule has 0 saturated carbocycles. The summed E-state index contributed by atoms with van der Waals surface area (Å²) in [6.45, 7) is 4.08. The number of rotatable bonds is 4. The van der Waals surface area contributed by atoms with Gasteiger partial charge in [0.05, 0.1) is 11.7 Å². The molecule has 0 radical (unpaired) electrons. The molecular weight excluding hydrogens is 256 g/mol. The third-order valence-electron chi connectivity index (χ3n) is 3.68. The van der Waals surface area contributed by atoms with Crippen LogP contribution in [0.2, 0.25) is 0 Å². The summed E-state index contributed by atoms with van der Waals surface area (Å²) in [6.07, 6.45) is 5.73. The molecule has 0 bridgehead atoms. The van der Waals surface area contributed by atoms with Crippen molar-refractivity contribution in [2.24, 2.45) is 0 Å². The van der Waals surface area contributed by atoms with E-state index in [0.717, 1.165) is 23.7 Å². The van der Waals surface area contributed by atoms with Crippen molar-refractivity contribution in [2.45, 2.75) is 37.1 Å². The van der Waals surface area contributed by atoms with E-state index < -0.39 is 0 Å². The number of para-hydroxylation sites is 1. The molecule has 1 heterocycles. The van der Waals surface area contributed by atoms with Gasteiger partial charge in [-0.05, 0) is 51.2 Å². The Morgan fingerprint density at radius 2 is 1.95 bits per heavy atom. The number of benzene rings is 1. The van der Waals surface area contributed by atoms with E-state index >= 15 is 0 Å². The second kappa shape index (κ2) is 6.96. The molecule has 1 saturated heterocycles. The number of thioether (sulfide) groups is 1. The number of hydrogen-bond acceptors (Lipinski definition) is 3. The highest BCUT2D eigenvalue weighted by Crippen LogP contribution is 2.25. The molecular formula is C15H22N2OS. The first-order valence-corrected chi connectivity index (χ1v) is 8.13. The van der Waals surface area contributed by atoms with Gasteiger partial charge in [-0.3, -0.25) is 9.69 Å². The summed E-state index contributed by atoms with van der Waals surface area (Å²) in [7, 11) is 0. The van der Waals surface area contributed by atoms with Gasteiger partial charge in [-0.15, -0.1) is 11.8 Å². The van der Waals surface area contributed by atoms with Crippen LogP contribution in [0.4, 0.5) is 5.69 Å². The Labute approximate surface area is 119 Å². The minimum absolute atomic E-state index is 0.0461. The van der Waals surface area contributed by atoms with Crippen LogP contribution in [0.1, 0.15) is 26.2 Å². The Morgan fingerprint density at radius 3 is 2.63 bits per heavy atom. The molecule has 1 amide bonds. The summed E-state index contributed by atoms with van der Waals surface area (Å²) in [5.74, 6) is 0.100. The predicted molar refractivity (Wildman–Crippen MR) is 81.7 cm³/mol. The molecule has 1 aliphatic rings. The van der Waals surface area contributed by atoms with E-state index in [0.29, 0.717) is 0 Å². The second-order valence-electron chi connectivity index (χ2n) is 4.96. The maximum atomic E-state index is 12.3. The standard InChI is InChI=1S/C15H22N2OS/c1-12(17-10-6-3-7-11-17)15(18)16-13-8-4-5-9-14(13)19-2/h4-5,8-9,12H,3,6-7,10-11H2,1-2H3,(H,16,18). The first-order valence-electron chi connectivity index (χ1n) is 6.90. The zero-order valence-corrected chi connectivity index (χ0v) is 12.5. The molecule has 1 N–H and O–H groups in total. The van der Waals surface area contributed by atoms with Gasteiger partial charge in [0.25, 0.3) is 0 Å². The molecule has 1 fully saturated rings. The van der Waals surface area contributed by atoms with Crippen molar-refractivity contribution < 1.29 is 4.79 Å². The SMILES string of the molecule is CSc1ccccc1NC(=O)C(C)N1CCCCC1. The maximum Gasteiger partial charge on any atom is 0.241 e. The zero-order valence-electron chi connectivity index (χ0n) is 11.7. The van der Waals surface area contributed by atoms with Gasteiger partial charge in [-0.2, -0.15) is 0 Å². The molecule has 104 valence electrons. The van der Waals surface area contributed by atoms with Gasteiger partial charge < -0.3 is 5.32 Å². The summed E-state index contributed by atoms with van der Waals surface area (Å²) >= 11 is 1.66. The highest BCUT2D eigenvalue weighted by atomic mass is 32.2. The zero-order chi connectivity index (χ0) is 13.7. The summed E-state index contributed by atoms with van der Waals surface area (Å²) < 4.78 is 0. The van der Waals surface area contributed by atoms with E-state index in [2.05, 4.69) is 10.2 Å². The lowest BCUT2D eigenvalue weighted by Crippen LogP contribution is -2.44. The smallest absolute Gasteiger partial charge is 0.241 e. The van der Waals surface area contributed by atoms with Crippen LogP contribution in [0.5, 0.6) is 0 Å². The van der Waals surface area contributed by atoms with Crippen LogP contribution in [0.25, 0.3) is 0 Å². The summed E-state index contributed by atoms with van der Waals surface area (Å²) in [5.41, 5.74) is 0.920. The number of carbonyl (C=O) groups excluding carboxylic acids is 1. The number of nitrogens with zero attached hydrogens (tertiary/aromatic N) is 1. The molecule has 0 aromatic heterocycles. The van der Waals surface area contributed by atoms with Crippen molar-refractivity contribution in [1.82, 2.24) is 4.90 Å². The van der Waals surface area contributed by atoms with Crippen molar-refractivity contribution >= 4 is 23.4 Å². The average molecular weight is 278 g/mol. The average Bonchev–Trinajstić information content (AvgIpc) is 2.48. The minimum atomic E-state index is -0.0461. The Bertz CT molecular complexity index is 430. The fourth-order valence-electron chi connectivity index (χ4n) is 2.46. The van der Waals surface area contributed by atoms with E-state index in [1.165, 1.54) is 19.3 Å². The van der Waals surface area contributed by atoms with Crippen molar-refractivity contribution in [3.05, 3.63) is 24.3 Å². The minimum Gasteiger partial charge on any atom is -0.324 e. The van der Waals surface area contributed by atoms with Gasteiger partial charge in [0, 0.05) is 4.90 Å². The van der Waals surface area contributed by atoms with Gasteiger partial charge in [0.2, 0.25) is 5.91 Å². The normalized spacial score (nSPS) is 18.0. The third-order valence-corrected chi connectivity index (χ3v) is 4.48. The number of hydrogen-bond donors (Lipinski definition) is 1. The van der Waals surface area contributed by atoms with E-state index in [9.17, 15) is 4.79 Å². The number of amides is 1. The molecule has 0 aliphatic carbocycles. The molecule has 3 nitrogen and oxygen atoms in total. The maximum absolute atomic E-state index is 12.3. The van der Waals surface area contributed by atoms with E-state index in [-0.39, 0.29) is 11.9 Å². The fraction of sp³-hybridized carbons (Fsp3) is 0.533. The number of piperidine rings is 1. The number of nitrogens with one attached hydrogen (secondary N) is 1. The van der Waals surface area contributed by atoms with E-state index in [1.54, 1.807) is 11.8 Å². The second-order valence-corrected chi connectivity index (χ2v) is 5.81. The lowest BCUT2D eigenvalue weighted by molar-refractivity contribution is -0.121. The first kappa shape index (κ1) is 14.4. The Hall–Kier alpha value is -1.00. The van der Waals surface area contributed by atoms with Crippen molar-refractivity contribution in [1.29, 1.82) is 0 Å². The molecule has 0 spiro atoms. The largest absolute Gasteiger partial charge is 0.324 e. The molecule has 1 aromatic carbocycles. The predicted octanol–water partition coefficient (Wildman–Crippen LogP) is 3.22. The highest BCUT2D eigenvalue weighted by Gasteiger charge is 2.23. The van der Waals surface area contributed by atoms with Crippen molar-refractivity contribution in [3.63, 3.8) is 0 Å². The molecule has 1 atom stereocenters. The number of likely N-dealkylation sites (tertiary alicyclic amines) is 1. The van der Waals surface area contributed by atoms with Crippen LogP contribution < -0.4 is 5.32 Å². The van der Waals surface area contributed by atoms with E-state index in [4.69, 9.17) is 0 Å². The molecule has 1 aromatic rings. The molecule has 19 heavy (non-hydrogen) atoms. The Kier molecular flexibility index (Phi) is 5.28. The number of carbonyl (C=O) groups is 1. The van der Waals surface area contributed by atoms with Gasteiger partial charge in [-0.1, -0.05) is 18.6 Å². The molecule has 4 heteroatoms. The van der Waals surface area contributed by atoms with Crippen LogP contribution in [-0.2, 0) is 4.79 Å². The lowest BCUT2D eigenvalue weighted by Gasteiger charge is -2.31.